The van der Waals surface area contributed by atoms with Crippen molar-refractivity contribution >= 4 is 28.7 Å². The van der Waals surface area contributed by atoms with Gasteiger partial charge in [-0.3, -0.25) is 14.5 Å². The minimum atomic E-state index is -0.681. The van der Waals surface area contributed by atoms with Crippen LogP contribution in [0.25, 0.3) is 5.57 Å². The summed E-state index contributed by atoms with van der Waals surface area (Å²) in [6.45, 7) is 0.0562. The van der Waals surface area contributed by atoms with Crippen molar-refractivity contribution in [2.75, 3.05) is 7.11 Å². The third-order valence-electron chi connectivity index (χ3n) is 3.43. The van der Waals surface area contributed by atoms with Crippen molar-refractivity contribution in [3.05, 3.63) is 58.0 Å². The van der Waals surface area contributed by atoms with E-state index in [4.69, 9.17) is 4.74 Å². The van der Waals surface area contributed by atoms with Crippen LogP contribution in [0.4, 0.5) is 0 Å². The Kier molecular flexibility index (Phi) is 3.68. The standard InChI is InChI=1S/C16H13NO4S/c1-21-11-6-3-2-5-10(11)9-17-15(19)13(14(18)16(17)20)12-7-4-8-22-12/h2-8,18H,9H2,1H3. The second-order valence-electron chi connectivity index (χ2n) is 4.71. The minimum absolute atomic E-state index is 0.0562. The molecule has 0 radical (unpaired) electrons. The molecule has 0 aliphatic carbocycles. The zero-order chi connectivity index (χ0) is 15.7. The third kappa shape index (κ3) is 2.27. The topological polar surface area (TPSA) is 66.8 Å². The molecule has 2 aromatic rings. The number of para-hydroxylation sites is 1. The molecule has 2 amide bonds. The highest BCUT2D eigenvalue weighted by Gasteiger charge is 2.39. The molecule has 0 unspecified atom stereocenters. The van der Waals surface area contributed by atoms with Crippen LogP contribution in [0, 0.1) is 0 Å². The first-order chi connectivity index (χ1) is 10.6. The summed E-state index contributed by atoms with van der Waals surface area (Å²) in [6.07, 6.45) is 0. The van der Waals surface area contributed by atoms with Crippen LogP contribution in [0.1, 0.15) is 10.4 Å². The molecule has 22 heavy (non-hydrogen) atoms. The highest BCUT2D eigenvalue weighted by atomic mass is 32.1. The lowest BCUT2D eigenvalue weighted by molar-refractivity contribution is -0.138. The van der Waals surface area contributed by atoms with Gasteiger partial charge in [-0.2, -0.15) is 0 Å². The van der Waals surface area contributed by atoms with Crippen molar-refractivity contribution in [1.29, 1.82) is 0 Å². The Morgan fingerprint density at radius 3 is 2.59 bits per heavy atom. The van der Waals surface area contributed by atoms with E-state index in [1.54, 1.807) is 35.7 Å². The molecule has 1 N–H and O–H groups in total. The fraction of sp³-hybridized carbons (Fsp3) is 0.125. The molecule has 1 aliphatic rings. The van der Waals surface area contributed by atoms with Gasteiger partial charge in [0.1, 0.15) is 11.3 Å². The highest BCUT2D eigenvalue weighted by molar-refractivity contribution is 7.11. The highest BCUT2D eigenvalue weighted by Crippen LogP contribution is 2.32. The predicted molar refractivity (Wildman–Crippen MR) is 82.4 cm³/mol. The maximum Gasteiger partial charge on any atom is 0.296 e. The number of methoxy groups -OCH3 is 1. The smallest absolute Gasteiger partial charge is 0.296 e. The number of carbonyl (C=O) groups excluding carboxylic acids is 2. The van der Waals surface area contributed by atoms with Gasteiger partial charge < -0.3 is 9.84 Å². The molecular formula is C16H13NO4S. The summed E-state index contributed by atoms with van der Waals surface area (Å²) in [7, 11) is 1.53. The Balaban J connectivity index is 1.92. The number of imide groups is 1. The summed E-state index contributed by atoms with van der Waals surface area (Å²) < 4.78 is 5.23. The largest absolute Gasteiger partial charge is 0.502 e. The fourth-order valence-corrected chi connectivity index (χ4v) is 3.12. The summed E-state index contributed by atoms with van der Waals surface area (Å²) in [5.41, 5.74) is 0.766. The molecule has 1 aliphatic heterocycles. The van der Waals surface area contributed by atoms with E-state index in [1.165, 1.54) is 18.4 Å². The van der Waals surface area contributed by atoms with E-state index in [0.29, 0.717) is 16.2 Å². The zero-order valence-corrected chi connectivity index (χ0v) is 12.6. The first kappa shape index (κ1) is 14.3. The summed E-state index contributed by atoms with van der Waals surface area (Å²) in [5, 5.41) is 11.8. The van der Waals surface area contributed by atoms with Gasteiger partial charge in [0.25, 0.3) is 11.8 Å². The average Bonchev–Trinajstić information content (AvgIpc) is 3.11. The van der Waals surface area contributed by atoms with Crippen LogP contribution in [0.2, 0.25) is 0 Å². The molecule has 0 spiro atoms. The van der Waals surface area contributed by atoms with Crippen LogP contribution in [-0.4, -0.2) is 28.9 Å². The Bertz CT molecular complexity index is 764. The second kappa shape index (κ2) is 5.65. The lowest BCUT2D eigenvalue weighted by atomic mass is 10.2. The number of aliphatic hydroxyl groups excluding tert-OH is 1. The molecule has 112 valence electrons. The number of carbonyl (C=O) groups is 2. The third-order valence-corrected chi connectivity index (χ3v) is 4.32. The minimum Gasteiger partial charge on any atom is -0.502 e. The molecule has 0 fully saturated rings. The Morgan fingerprint density at radius 2 is 1.91 bits per heavy atom. The van der Waals surface area contributed by atoms with Crippen LogP contribution in [-0.2, 0) is 16.1 Å². The van der Waals surface area contributed by atoms with Gasteiger partial charge in [-0.25, -0.2) is 0 Å². The van der Waals surface area contributed by atoms with Crippen molar-refractivity contribution in [2.45, 2.75) is 6.54 Å². The Morgan fingerprint density at radius 1 is 1.14 bits per heavy atom. The number of thiophene rings is 1. The number of hydrogen-bond acceptors (Lipinski definition) is 5. The first-order valence-corrected chi connectivity index (χ1v) is 7.46. The average molecular weight is 315 g/mol. The first-order valence-electron chi connectivity index (χ1n) is 6.58. The molecule has 5 nitrogen and oxygen atoms in total. The van der Waals surface area contributed by atoms with Crippen LogP contribution >= 0.6 is 11.3 Å². The van der Waals surface area contributed by atoms with Crippen molar-refractivity contribution in [2.24, 2.45) is 0 Å². The Hall–Kier alpha value is -2.60. The van der Waals surface area contributed by atoms with Crippen molar-refractivity contribution in [3.8, 4) is 5.75 Å². The number of aliphatic hydroxyl groups is 1. The van der Waals surface area contributed by atoms with E-state index in [0.717, 1.165) is 4.90 Å². The van der Waals surface area contributed by atoms with Crippen LogP contribution < -0.4 is 4.74 Å². The number of benzene rings is 1. The van der Waals surface area contributed by atoms with Gasteiger partial charge in [0, 0.05) is 10.4 Å². The van der Waals surface area contributed by atoms with Gasteiger partial charge in [0.15, 0.2) is 5.76 Å². The van der Waals surface area contributed by atoms with Gasteiger partial charge in [0.05, 0.1) is 13.7 Å². The van der Waals surface area contributed by atoms with Crippen LogP contribution in [0.15, 0.2) is 47.5 Å². The van der Waals surface area contributed by atoms with E-state index < -0.39 is 17.6 Å². The number of amides is 2. The number of ether oxygens (including phenoxy) is 1. The van der Waals surface area contributed by atoms with Crippen molar-refractivity contribution in [1.82, 2.24) is 4.90 Å². The maximum atomic E-state index is 12.5. The van der Waals surface area contributed by atoms with E-state index >= 15 is 0 Å². The molecule has 0 saturated carbocycles. The lowest BCUT2D eigenvalue weighted by Gasteiger charge is -2.16. The SMILES string of the molecule is COc1ccccc1CN1C(=O)C(O)=C(c2cccs2)C1=O. The van der Waals surface area contributed by atoms with E-state index in [-0.39, 0.29) is 12.1 Å². The number of nitrogens with zero attached hydrogens (tertiary/aromatic N) is 1. The van der Waals surface area contributed by atoms with Crippen molar-refractivity contribution < 1.29 is 19.4 Å². The summed E-state index contributed by atoms with van der Waals surface area (Å²) in [6, 6.07) is 10.6. The molecule has 1 aromatic heterocycles. The molecule has 1 aromatic carbocycles. The number of hydrogen-bond donors (Lipinski definition) is 1. The normalized spacial score (nSPS) is 14.9. The molecule has 0 atom stereocenters. The van der Waals surface area contributed by atoms with Gasteiger partial charge >= 0.3 is 0 Å². The quantitative estimate of drug-likeness (QED) is 0.881. The second-order valence-corrected chi connectivity index (χ2v) is 5.66. The molecule has 6 heteroatoms. The predicted octanol–water partition coefficient (Wildman–Crippen LogP) is 2.59. The van der Waals surface area contributed by atoms with E-state index in [2.05, 4.69) is 0 Å². The van der Waals surface area contributed by atoms with E-state index in [9.17, 15) is 14.7 Å². The molecule has 0 bridgehead atoms. The van der Waals surface area contributed by atoms with Gasteiger partial charge in [-0.1, -0.05) is 24.3 Å². The Labute approximate surface area is 131 Å². The zero-order valence-electron chi connectivity index (χ0n) is 11.8. The van der Waals surface area contributed by atoms with Crippen LogP contribution in [0.5, 0.6) is 5.75 Å². The molecule has 3 rings (SSSR count). The monoisotopic (exact) mass is 315 g/mol. The van der Waals surface area contributed by atoms with Crippen molar-refractivity contribution in [3.63, 3.8) is 0 Å². The summed E-state index contributed by atoms with van der Waals surface area (Å²) in [4.78, 5) is 26.3. The fourth-order valence-electron chi connectivity index (χ4n) is 2.35. The van der Waals surface area contributed by atoms with Crippen LogP contribution in [0.3, 0.4) is 0 Å². The summed E-state index contributed by atoms with van der Waals surface area (Å²) >= 11 is 1.30. The molecule has 0 saturated heterocycles. The van der Waals surface area contributed by atoms with Gasteiger partial charge in [-0.15, -0.1) is 11.3 Å². The summed E-state index contributed by atoms with van der Waals surface area (Å²) in [5.74, 6) is -1.08. The number of rotatable bonds is 4. The van der Waals surface area contributed by atoms with Gasteiger partial charge in [-0.05, 0) is 17.5 Å². The molecular weight excluding hydrogens is 302 g/mol. The van der Waals surface area contributed by atoms with E-state index in [1.807, 2.05) is 6.07 Å². The van der Waals surface area contributed by atoms with Gasteiger partial charge in [0.2, 0.25) is 0 Å². The maximum absolute atomic E-state index is 12.5. The molecule has 2 heterocycles. The lowest BCUT2D eigenvalue weighted by Crippen LogP contribution is -2.31.